The Morgan fingerprint density at radius 3 is 2.14 bits per heavy atom. The normalized spacial score (nSPS) is 12.2. The SMILES string of the molecule is CCCCC[C@@H](C(=O)NCNC(=O)c1ccc(-c2ccc(C(=O)N[C@@H](CC(=O)OCCCC)C(=O)OCCCC)c(OCC)c2)o1)[C@@H](CC)N(C=O)OC(=O)c1ccc(-n2cccc2)cc1. The first-order chi connectivity index (χ1) is 32.0. The fraction of sp³-hybridized carbons (Fsp3) is 0.449. The van der Waals surface area contributed by atoms with Crippen LogP contribution in [0.4, 0.5) is 0 Å². The summed E-state index contributed by atoms with van der Waals surface area (Å²) < 4.78 is 24.1. The number of benzene rings is 2. The molecule has 0 aliphatic heterocycles. The molecule has 2 heterocycles. The van der Waals surface area contributed by atoms with E-state index in [1.165, 1.54) is 12.1 Å². The summed E-state index contributed by atoms with van der Waals surface area (Å²) in [6, 6.07) is 16.0. The van der Waals surface area contributed by atoms with E-state index < -0.39 is 60.1 Å². The summed E-state index contributed by atoms with van der Waals surface area (Å²) in [5, 5.41) is 8.86. The Kier molecular flexibility index (Phi) is 21.5. The topological polar surface area (TPSA) is 214 Å². The molecule has 0 saturated carbocycles. The van der Waals surface area contributed by atoms with E-state index in [-0.39, 0.29) is 54.9 Å². The van der Waals surface area contributed by atoms with Crippen LogP contribution in [0.25, 0.3) is 17.0 Å². The van der Waals surface area contributed by atoms with Crippen molar-refractivity contribution in [3.8, 4) is 22.8 Å². The molecule has 3 N–H and O–H groups in total. The number of amides is 4. The molecule has 3 atom stereocenters. The summed E-state index contributed by atoms with van der Waals surface area (Å²) in [5.74, 6) is -4.33. The van der Waals surface area contributed by atoms with Crippen molar-refractivity contribution in [1.82, 2.24) is 25.6 Å². The van der Waals surface area contributed by atoms with Gasteiger partial charge in [-0.05, 0) is 93.3 Å². The Morgan fingerprint density at radius 2 is 1.48 bits per heavy atom. The smallest absolute Gasteiger partial charge is 0.363 e. The van der Waals surface area contributed by atoms with Crippen LogP contribution in [-0.2, 0) is 33.5 Å². The Balaban J connectivity index is 1.40. The number of ether oxygens (including phenoxy) is 3. The maximum atomic E-state index is 13.7. The molecule has 0 aliphatic carbocycles. The molecule has 4 amide bonds. The largest absolute Gasteiger partial charge is 0.493 e. The molecule has 66 heavy (non-hydrogen) atoms. The predicted octanol–water partition coefficient (Wildman–Crippen LogP) is 7.32. The molecule has 0 fully saturated rings. The first kappa shape index (κ1) is 51.7. The number of carbonyl (C=O) groups excluding carboxylic acids is 7. The Morgan fingerprint density at radius 1 is 0.788 bits per heavy atom. The van der Waals surface area contributed by atoms with Crippen molar-refractivity contribution in [3.63, 3.8) is 0 Å². The standard InChI is InChI=1S/C49H63N5O12/c1-6-11-14-17-37(40(9-4)54(33-55)66-48(60)34-18-21-36(22-19-34)53-26-15-16-27-53)45(57)50-32-51-47(59)42-25-24-41(65-42)35-20-23-38(43(30-35)62-10-5)46(58)52-39(49(61)64-29-13-8-3)31-44(56)63-28-12-7-2/h15-16,18-27,30,33,37,39-40H,6-14,17,28-29,31-32H2,1-5H3,(H,50,57)(H,51,59)(H,52,58)/t37-,39+,40-/m1/s1. The highest BCUT2D eigenvalue weighted by atomic mass is 16.7. The van der Waals surface area contributed by atoms with Gasteiger partial charge in [-0.25, -0.2) is 9.59 Å². The minimum absolute atomic E-state index is 0.0688. The molecule has 2 aromatic carbocycles. The summed E-state index contributed by atoms with van der Waals surface area (Å²) in [6.45, 7) is 9.69. The Bertz CT molecular complexity index is 2190. The molecular formula is C49H63N5O12. The lowest BCUT2D eigenvalue weighted by Crippen LogP contribution is -2.49. The third kappa shape index (κ3) is 15.4. The van der Waals surface area contributed by atoms with Crippen LogP contribution in [0.1, 0.15) is 130 Å². The molecule has 0 aliphatic rings. The van der Waals surface area contributed by atoms with E-state index in [0.29, 0.717) is 44.1 Å². The van der Waals surface area contributed by atoms with E-state index in [4.69, 9.17) is 23.5 Å². The molecule has 17 heteroatoms. The zero-order valence-electron chi connectivity index (χ0n) is 38.5. The number of unbranched alkanes of at least 4 members (excludes halogenated alkanes) is 4. The van der Waals surface area contributed by atoms with Gasteiger partial charge in [0.25, 0.3) is 11.8 Å². The Hall–Kier alpha value is -6.91. The van der Waals surface area contributed by atoms with E-state index in [1.807, 2.05) is 49.9 Å². The minimum Gasteiger partial charge on any atom is -0.493 e. The maximum absolute atomic E-state index is 13.7. The van der Waals surface area contributed by atoms with Crippen LogP contribution < -0.4 is 20.7 Å². The predicted molar refractivity (Wildman–Crippen MR) is 244 cm³/mol. The van der Waals surface area contributed by atoms with Gasteiger partial charge in [0.15, 0.2) is 5.76 Å². The number of esters is 2. The molecule has 2 aromatic heterocycles. The molecule has 0 radical (unpaired) electrons. The van der Waals surface area contributed by atoms with Gasteiger partial charge in [-0.15, -0.1) is 0 Å². The lowest BCUT2D eigenvalue weighted by atomic mass is 9.90. The zero-order chi connectivity index (χ0) is 47.8. The number of nitrogens with one attached hydrogen (secondary N) is 3. The number of aromatic nitrogens is 1. The average molecular weight is 914 g/mol. The quantitative estimate of drug-likeness (QED) is 0.0161. The van der Waals surface area contributed by atoms with Crippen molar-refractivity contribution in [2.24, 2.45) is 5.92 Å². The molecule has 4 aromatic rings. The van der Waals surface area contributed by atoms with Crippen LogP contribution in [0.2, 0.25) is 0 Å². The fourth-order valence-corrected chi connectivity index (χ4v) is 6.93. The molecule has 356 valence electrons. The third-order valence-electron chi connectivity index (χ3n) is 10.6. The molecule has 4 rings (SSSR count). The summed E-state index contributed by atoms with van der Waals surface area (Å²) in [5.41, 5.74) is 1.61. The van der Waals surface area contributed by atoms with Crippen LogP contribution in [0.3, 0.4) is 0 Å². The summed E-state index contributed by atoms with van der Waals surface area (Å²) in [4.78, 5) is 97.1. The van der Waals surface area contributed by atoms with Crippen LogP contribution >= 0.6 is 0 Å². The van der Waals surface area contributed by atoms with Gasteiger partial charge in [-0.3, -0.25) is 24.0 Å². The lowest BCUT2D eigenvalue weighted by molar-refractivity contribution is -0.171. The van der Waals surface area contributed by atoms with Crippen LogP contribution in [0.5, 0.6) is 5.75 Å². The number of hydrogen-bond donors (Lipinski definition) is 3. The van der Waals surface area contributed by atoms with Gasteiger partial charge in [-0.2, -0.15) is 5.06 Å². The van der Waals surface area contributed by atoms with Crippen LogP contribution in [0.15, 0.2) is 83.5 Å². The van der Waals surface area contributed by atoms with Gasteiger partial charge in [0.2, 0.25) is 12.3 Å². The van der Waals surface area contributed by atoms with E-state index in [0.717, 1.165) is 36.4 Å². The molecule has 0 spiro atoms. The lowest BCUT2D eigenvalue weighted by Gasteiger charge is -2.31. The second-order valence-electron chi connectivity index (χ2n) is 15.4. The number of hydrogen-bond acceptors (Lipinski definition) is 12. The first-order valence-electron chi connectivity index (χ1n) is 22.7. The van der Waals surface area contributed by atoms with Gasteiger partial charge in [-0.1, -0.05) is 65.9 Å². The third-order valence-corrected chi connectivity index (χ3v) is 10.6. The second kappa shape index (κ2) is 27.4. The van der Waals surface area contributed by atoms with Crippen LogP contribution in [0, 0.1) is 5.92 Å². The van der Waals surface area contributed by atoms with E-state index >= 15 is 0 Å². The van der Waals surface area contributed by atoms with E-state index in [9.17, 15) is 33.6 Å². The highest BCUT2D eigenvalue weighted by Crippen LogP contribution is 2.30. The monoisotopic (exact) mass is 913 g/mol. The van der Waals surface area contributed by atoms with Crippen molar-refractivity contribution >= 4 is 42.0 Å². The number of nitrogens with zero attached hydrogens (tertiary/aromatic N) is 2. The Labute approximate surface area is 385 Å². The van der Waals surface area contributed by atoms with E-state index in [1.54, 1.807) is 56.3 Å². The van der Waals surface area contributed by atoms with Crippen molar-refractivity contribution < 1.29 is 57.0 Å². The highest BCUT2D eigenvalue weighted by Gasteiger charge is 2.34. The van der Waals surface area contributed by atoms with Gasteiger partial charge in [0, 0.05) is 23.6 Å². The summed E-state index contributed by atoms with van der Waals surface area (Å²) in [6.07, 6.45) is 9.69. The molecule has 0 saturated heterocycles. The molecule has 17 nitrogen and oxygen atoms in total. The first-order valence-corrected chi connectivity index (χ1v) is 22.7. The van der Waals surface area contributed by atoms with Crippen LogP contribution in [-0.4, -0.2) is 90.2 Å². The van der Waals surface area contributed by atoms with Crippen molar-refractivity contribution in [2.75, 3.05) is 26.5 Å². The molecule has 0 unspecified atom stereocenters. The number of furan rings is 1. The fourth-order valence-electron chi connectivity index (χ4n) is 6.93. The van der Waals surface area contributed by atoms with Crippen molar-refractivity contribution in [1.29, 1.82) is 0 Å². The average Bonchev–Trinajstić information content (AvgIpc) is 4.05. The number of carbonyl (C=O) groups is 7. The number of rotatable bonds is 29. The van der Waals surface area contributed by atoms with Gasteiger partial charge in [0.05, 0.1) is 56.0 Å². The molecule has 0 bridgehead atoms. The highest BCUT2D eigenvalue weighted by molar-refractivity contribution is 6.00. The van der Waals surface area contributed by atoms with Gasteiger partial charge >= 0.3 is 17.9 Å². The van der Waals surface area contributed by atoms with Crippen molar-refractivity contribution in [3.05, 3.63) is 96.0 Å². The molecular weight excluding hydrogens is 851 g/mol. The minimum atomic E-state index is -1.30. The summed E-state index contributed by atoms with van der Waals surface area (Å²) in [7, 11) is 0. The van der Waals surface area contributed by atoms with Gasteiger partial charge < -0.3 is 44.0 Å². The second-order valence-corrected chi connectivity index (χ2v) is 15.4. The zero-order valence-corrected chi connectivity index (χ0v) is 38.5. The van der Waals surface area contributed by atoms with Gasteiger partial charge in [0.1, 0.15) is 17.6 Å². The maximum Gasteiger partial charge on any atom is 0.363 e. The van der Waals surface area contributed by atoms with E-state index in [2.05, 4.69) is 16.0 Å². The van der Waals surface area contributed by atoms with Crippen molar-refractivity contribution in [2.45, 2.75) is 111 Å². The number of hydroxylamine groups is 2. The summed E-state index contributed by atoms with van der Waals surface area (Å²) >= 11 is 0.